The average molecular weight is 326 g/mol. The van der Waals surface area contributed by atoms with E-state index in [9.17, 15) is 9.18 Å². The van der Waals surface area contributed by atoms with Crippen LogP contribution >= 0.6 is 15.9 Å². The highest BCUT2D eigenvalue weighted by Gasteiger charge is 2.15. The van der Waals surface area contributed by atoms with Crippen molar-refractivity contribution in [3.8, 4) is 0 Å². The van der Waals surface area contributed by atoms with Crippen molar-refractivity contribution >= 4 is 21.8 Å². The molecule has 0 aliphatic heterocycles. The molecule has 0 fully saturated rings. The van der Waals surface area contributed by atoms with E-state index >= 15 is 0 Å². The van der Waals surface area contributed by atoms with E-state index in [0.717, 1.165) is 11.3 Å². The molecular formula is C13H13BrFN3O. The maximum atomic E-state index is 13.6. The van der Waals surface area contributed by atoms with Crippen molar-refractivity contribution in [3.05, 3.63) is 51.5 Å². The number of aryl methyl sites for hydroxylation is 1. The third-order valence-corrected chi connectivity index (χ3v) is 3.63. The molecule has 0 aliphatic rings. The van der Waals surface area contributed by atoms with Crippen LogP contribution < -0.4 is 5.32 Å². The van der Waals surface area contributed by atoms with E-state index in [4.69, 9.17) is 0 Å². The molecular weight excluding hydrogens is 313 g/mol. The molecule has 1 heterocycles. The third-order valence-electron chi connectivity index (χ3n) is 2.97. The lowest BCUT2D eigenvalue weighted by Gasteiger charge is -2.07. The van der Waals surface area contributed by atoms with Crippen LogP contribution in [0, 0.1) is 12.7 Å². The number of amides is 1. The quantitative estimate of drug-likeness (QED) is 0.942. The Morgan fingerprint density at radius 2 is 2.26 bits per heavy atom. The van der Waals surface area contributed by atoms with Crippen LogP contribution in [0.15, 0.2) is 28.9 Å². The summed E-state index contributed by atoms with van der Waals surface area (Å²) in [6.45, 7) is 2.23. The van der Waals surface area contributed by atoms with Crippen LogP contribution in [0.3, 0.4) is 0 Å². The average Bonchev–Trinajstić information content (AvgIpc) is 2.67. The minimum Gasteiger partial charge on any atom is -0.348 e. The van der Waals surface area contributed by atoms with Crippen molar-refractivity contribution in [2.24, 2.45) is 7.05 Å². The van der Waals surface area contributed by atoms with Gasteiger partial charge < -0.3 is 5.32 Å². The summed E-state index contributed by atoms with van der Waals surface area (Å²) in [5, 5.41) is 6.77. The van der Waals surface area contributed by atoms with Gasteiger partial charge in [0.15, 0.2) is 0 Å². The molecule has 1 N–H and O–H groups in total. The molecule has 100 valence electrons. The van der Waals surface area contributed by atoms with Crippen molar-refractivity contribution in [1.29, 1.82) is 0 Å². The Morgan fingerprint density at radius 1 is 1.53 bits per heavy atom. The number of halogens is 2. The van der Waals surface area contributed by atoms with Gasteiger partial charge in [-0.3, -0.25) is 9.48 Å². The summed E-state index contributed by atoms with van der Waals surface area (Å²) >= 11 is 3.18. The number of benzene rings is 1. The molecule has 0 radical (unpaired) electrons. The molecule has 0 aliphatic carbocycles. The number of hydrogen-bond acceptors (Lipinski definition) is 2. The maximum Gasteiger partial charge on any atom is 0.255 e. The zero-order valence-electron chi connectivity index (χ0n) is 10.6. The first kappa shape index (κ1) is 13.7. The lowest BCUT2D eigenvalue weighted by atomic mass is 10.2. The highest BCUT2D eigenvalue weighted by Crippen LogP contribution is 2.19. The first-order valence-electron chi connectivity index (χ1n) is 5.70. The standard InChI is InChI=1S/C13H13BrFN3O/c1-8-9(7-17-18(8)2)6-16-13(19)12-10(14)4-3-5-11(12)15/h3-5,7H,6H2,1-2H3,(H,16,19). The van der Waals surface area contributed by atoms with Crippen molar-refractivity contribution in [3.63, 3.8) is 0 Å². The molecule has 1 aromatic carbocycles. The second-order valence-corrected chi connectivity index (χ2v) is 5.01. The van der Waals surface area contributed by atoms with Crippen LogP contribution in [-0.2, 0) is 13.6 Å². The summed E-state index contributed by atoms with van der Waals surface area (Å²) in [5.41, 5.74) is 1.89. The normalized spacial score (nSPS) is 10.5. The predicted octanol–water partition coefficient (Wildman–Crippen LogP) is 2.56. The van der Waals surface area contributed by atoms with E-state index < -0.39 is 11.7 Å². The monoisotopic (exact) mass is 325 g/mol. The first-order chi connectivity index (χ1) is 9.00. The van der Waals surface area contributed by atoms with Crippen LogP contribution in [-0.4, -0.2) is 15.7 Å². The zero-order chi connectivity index (χ0) is 14.0. The zero-order valence-corrected chi connectivity index (χ0v) is 12.2. The van der Waals surface area contributed by atoms with Gasteiger partial charge in [-0.05, 0) is 35.0 Å². The summed E-state index contributed by atoms with van der Waals surface area (Å²) in [7, 11) is 1.83. The van der Waals surface area contributed by atoms with Crippen molar-refractivity contribution in [2.45, 2.75) is 13.5 Å². The summed E-state index contributed by atoms with van der Waals surface area (Å²) in [6.07, 6.45) is 1.69. The molecule has 2 rings (SSSR count). The number of nitrogens with one attached hydrogen (secondary N) is 1. The Labute approximate surface area is 118 Å². The van der Waals surface area contributed by atoms with Gasteiger partial charge in [0.2, 0.25) is 0 Å². The first-order valence-corrected chi connectivity index (χ1v) is 6.49. The maximum absolute atomic E-state index is 13.6. The molecule has 0 atom stereocenters. The molecule has 1 aromatic heterocycles. The molecule has 2 aromatic rings. The lowest BCUT2D eigenvalue weighted by molar-refractivity contribution is 0.0946. The minimum atomic E-state index is -0.546. The van der Waals surface area contributed by atoms with Gasteiger partial charge >= 0.3 is 0 Å². The number of carbonyl (C=O) groups excluding carboxylic acids is 1. The van der Waals surface area contributed by atoms with Crippen LogP contribution in [0.25, 0.3) is 0 Å². The van der Waals surface area contributed by atoms with E-state index in [1.165, 1.54) is 6.07 Å². The predicted molar refractivity (Wildman–Crippen MR) is 73.2 cm³/mol. The number of hydrogen-bond donors (Lipinski definition) is 1. The molecule has 0 unspecified atom stereocenters. The van der Waals surface area contributed by atoms with Gasteiger partial charge in [-0.15, -0.1) is 0 Å². The SMILES string of the molecule is Cc1c(CNC(=O)c2c(F)cccc2Br)cnn1C. The second-order valence-electron chi connectivity index (χ2n) is 4.16. The summed E-state index contributed by atoms with van der Waals surface area (Å²) in [4.78, 5) is 12.0. The number of rotatable bonds is 3. The highest BCUT2D eigenvalue weighted by atomic mass is 79.9. The number of nitrogens with zero attached hydrogens (tertiary/aromatic N) is 2. The third kappa shape index (κ3) is 2.84. The smallest absolute Gasteiger partial charge is 0.255 e. The van der Waals surface area contributed by atoms with E-state index in [2.05, 4.69) is 26.3 Å². The van der Waals surface area contributed by atoms with Gasteiger partial charge in [0, 0.05) is 29.3 Å². The van der Waals surface area contributed by atoms with E-state index in [1.54, 1.807) is 23.0 Å². The number of aromatic nitrogens is 2. The van der Waals surface area contributed by atoms with Gasteiger partial charge in [0.25, 0.3) is 5.91 Å². The van der Waals surface area contributed by atoms with Gasteiger partial charge in [0.05, 0.1) is 11.8 Å². The van der Waals surface area contributed by atoms with E-state index in [0.29, 0.717) is 11.0 Å². The van der Waals surface area contributed by atoms with Crippen LogP contribution in [0.1, 0.15) is 21.6 Å². The summed E-state index contributed by atoms with van der Waals surface area (Å²) in [6, 6.07) is 4.43. The number of carbonyl (C=O) groups is 1. The van der Waals surface area contributed by atoms with E-state index in [-0.39, 0.29) is 5.56 Å². The molecule has 0 saturated heterocycles. The van der Waals surface area contributed by atoms with Crippen LogP contribution in [0.2, 0.25) is 0 Å². The fourth-order valence-electron chi connectivity index (χ4n) is 1.70. The molecule has 4 nitrogen and oxygen atoms in total. The lowest BCUT2D eigenvalue weighted by Crippen LogP contribution is -2.24. The van der Waals surface area contributed by atoms with Gasteiger partial charge in [-0.25, -0.2) is 4.39 Å². The summed E-state index contributed by atoms with van der Waals surface area (Å²) in [5.74, 6) is -0.997. The largest absolute Gasteiger partial charge is 0.348 e. The second kappa shape index (κ2) is 5.52. The van der Waals surface area contributed by atoms with E-state index in [1.807, 2.05) is 14.0 Å². The van der Waals surface area contributed by atoms with Crippen molar-refractivity contribution < 1.29 is 9.18 Å². The minimum absolute atomic E-state index is 0.0176. The molecule has 6 heteroatoms. The Balaban J connectivity index is 2.12. The Bertz CT molecular complexity index is 604. The fraction of sp³-hybridized carbons (Fsp3) is 0.231. The Kier molecular flexibility index (Phi) is 3.99. The molecule has 19 heavy (non-hydrogen) atoms. The summed E-state index contributed by atoms with van der Waals surface area (Å²) < 4.78 is 15.8. The van der Waals surface area contributed by atoms with Crippen LogP contribution in [0.5, 0.6) is 0 Å². The van der Waals surface area contributed by atoms with Crippen LogP contribution in [0.4, 0.5) is 4.39 Å². The fourth-order valence-corrected chi connectivity index (χ4v) is 2.22. The highest BCUT2D eigenvalue weighted by molar-refractivity contribution is 9.10. The Hall–Kier alpha value is -1.69. The molecule has 0 bridgehead atoms. The molecule has 0 spiro atoms. The van der Waals surface area contributed by atoms with Gasteiger partial charge in [-0.1, -0.05) is 6.07 Å². The van der Waals surface area contributed by atoms with Crippen molar-refractivity contribution in [2.75, 3.05) is 0 Å². The topological polar surface area (TPSA) is 46.9 Å². The van der Waals surface area contributed by atoms with Gasteiger partial charge in [0.1, 0.15) is 5.82 Å². The molecule has 1 amide bonds. The Morgan fingerprint density at radius 3 is 2.84 bits per heavy atom. The molecule has 0 saturated carbocycles. The van der Waals surface area contributed by atoms with Crippen molar-refractivity contribution in [1.82, 2.24) is 15.1 Å². The van der Waals surface area contributed by atoms with Gasteiger partial charge in [-0.2, -0.15) is 5.10 Å².